The van der Waals surface area contributed by atoms with Crippen LogP contribution in [0, 0.1) is 11.8 Å². The highest BCUT2D eigenvalue weighted by Gasteiger charge is 2.57. The van der Waals surface area contributed by atoms with Gasteiger partial charge >= 0.3 is 5.97 Å². The van der Waals surface area contributed by atoms with Crippen LogP contribution in [0.2, 0.25) is 0 Å². The maximum atomic E-state index is 11.6. The summed E-state index contributed by atoms with van der Waals surface area (Å²) in [6.07, 6.45) is 2.02. The summed E-state index contributed by atoms with van der Waals surface area (Å²) in [5, 5.41) is 9.33. The Morgan fingerprint density at radius 1 is 1.14 bits per heavy atom. The van der Waals surface area contributed by atoms with Gasteiger partial charge in [-0.2, -0.15) is 0 Å². The van der Waals surface area contributed by atoms with Crippen molar-refractivity contribution in [1.82, 2.24) is 0 Å². The maximum absolute atomic E-state index is 11.6. The van der Waals surface area contributed by atoms with Crippen molar-refractivity contribution in [3.8, 4) is 0 Å². The molecule has 124 valence electrons. The molecule has 4 fully saturated rings. The molecule has 0 aromatic rings. The lowest BCUT2D eigenvalue weighted by Gasteiger charge is -2.50. The first-order valence-corrected chi connectivity index (χ1v) is 8.31. The molecular weight excluding hydrogens is 288 g/mol. The molecule has 0 saturated carbocycles. The molecule has 0 aromatic carbocycles. The molecule has 6 heteroatoms. The molecule has 4 rings (SSSR count). The number of hydrogen-bond acceptors (Lipinski definition) is 6. The first-order chi connectivity index (χ1) is 10.5. The number of ether oxygens (including phenoxy) is 4. The van der Waals surface area contributed by atoms with Gasteiger partial charge in [-0.3, -0.25) is 4.79 Å². The van der Waals surface area contributed by atoms with Crippen molar-refractivity contribution in [2.45, 2.75) is 75.8 Å². The summed E-state index contributed by atoms with van der Waals surface area (Å²) < 4.78 is 23.8. The van der Waals surface area contributed by atoms with Crippen LogP contribution < -0.4 is 0 Å². The van der Waals surface area contributed by atoms with Crippen LogP contribution in [0.3, 0.4) is 0 Å². The predicted molar refractivity (Wildman–Crippen MR) is 74.9 cm³/mol. The zero-order chi connectivity index (χ0) is 15.5. The van der Waals surface area contributed by atoms with E-state index in [9.17, 15) is 9.90 Å². The smallest absolute Gasteiger partial charge is 0.308 e. The molecular formula is C16H24O6. The summed E-state index contributed by atoms with van der Waals surface area (Å²) in [5.74, 6) is -0.282. The summed E-state index contributed by atoms with van der Waals surface area (Å²) >= 11 is 0. The molecule has 0 aliphatic carbocycles. The topological polar surface area (TPSA) is 74.2 Å². The fraction of sp³-hybridized carbons (Fsp3) is 0.938. The summed E-state index contributed by atoms with van der Waals surface area (Å²) in [5.41, 5.74) is 0. The molecule has 0 aromatic heterocycles. The Labute approximate surface area is 130 Å². The maximum Gasteiger partial charge on any atom is 0.308 e. The fourth-order valence-corrected chi connectivity index (χ4v) is 4.71. The molecule has 4 aliphatic heterocycles. The van der Waals surface area contributed by atoms with E-state index in [0.29, 0.717) is 18.8 Å². The molecule has 2 unspecified atom stereocenters. The minimum atomic E-state index is -0.636. The Morgan fingerprint density at radius 2 is 1.82 bits per heavy atom. The molecule has 4 saturated heterocycles. The highest BCUT2D eigenvalue weighted by atomic mass is 16.7. The molecule has 1 N–H and O–H groups in total. The van der Waals surface area contributed by atoms with Gasteiger partial charge < -0.3 is 24.1 Å². The van der Waals surface area contributed by atoms with Crippen molar-refractivity contribution >= 4 is 5.97 Å². The van der Waals surface area contributed by atoms with Crippen molar-refractivity contribution in [1.29, 1.82) is 0 Å². The van der Waals surface area contributed by atoms with E-state index in [-0.39, 0.29) is 49.0 Å². The zero-order valence-corrected chi connectivity index (χ0v) is 13.1. The monoisotopic (exact) mass is 312 g/mol. The first kappa shape index (κ1) is 14.9. The number of carbonyl (C=O) groups excluding carboxylic acids is 1. The van der Waals surface area contributed by atoms with E-state index in [0.717, 1.165) is 12.8 Å². The van der Waals surface area contributed by atoms with Gasteiger partial charge in [-0.25, -0.2) is 0 Å². The highest BCUT2D eigenvalue weighted by molar-refractivity contribution is 5.72. The summed E-state index contributed by atoms with van der Waals surface area (Å²) in [6.45, 7) is 4.28. The third-order valence-electron chi connectivity index (χ3n) is 5.54. The summed E-state index contributed by atoms with van der Waals surface area (Å²) in [6, 6.07) is 0. The van der Waals surface area contributed by atoms with Crippen molar-refractivity contribution in [2.24, 2.45) is 11.8 Å². The highest BCUT2D eigenvalue weighted by Crippen LogP contribution is 2.49. The number of fused-ring (bicyclic) bond motifs is 2. The molecule has 4 aliphatic rings. The molecule has 1 spiro atoms. The number of aliphatic hydroxyl groups is 1. The normalized spacial score (nSPS) is 54.1. The lowest BCUT2D eigenvalue weighted by molar-refractivity contribution is -0.345. The Morgan fingerprint density at radius 3 is 2.55 bits per heavy atom. The van der Waals surface area contributed by atoms with Gasteiger partial charge in [0.2, 0.25) is 0 Å². The standard InChI is InChI=1S/C16H24O6/c1-8-5-16(21-11-3-10(7-17)19-14(8)11)6-9(2)15-12(22-16)4-13(18)20-15/h8-12,14-15,17H,3-7H2,1-2H3/t8-,9-,10?,11-,12-,14-,15-,16?/m0/s1. The van der Waals surface area contributed by atoms with Crippen LogP contribution >= 0.6 is 0 Å². The lowest BCUT2D eigenvalue weighted by atomic mass is 9.80. The minimum Gasteiger partial charge on any atom is -0.459 e. The Balaban J connectivity index is 1.54. The molecule has 6 nitrogen and oxygen atoms in total. The van der Waals surface area contributed by atoms with Gasteiger partial charge in [0, 0.05) is 25.2 Å². The van der Waals surface area contributed by atoms with E-state index in [1.54, 1.807) is 0 Å². The van der Waals surface area contributed by atoms with E-state index in [1.807, 2.05) is 0 Å². The minimum absolute atomic E-state index is 0.0282. The molecule has 4 heterocycles. The van der Waals surface area contributed by atoms with Gasteiger partial charge in [0.05, 0.1) is 31.3 Å². The van der Waals surface area contributed by atoms with Gasteiger partial charge in [0.15, 0.2) is 5.79 Å². The molecule has 8 atom stereocenters. The van der Waals surface area contributed by atoms with Crippen LogP contribution in [-0.4, -0.2) is 54.0 Å². The quantitative estimate of drug-likeness (QED) is 0.728. The SMILES string of the molecule is C[C@H]1CC2(C[C@H](C)[C@@H]3OC(CO)C[C@@H]3O2)O[C@H]2CC(=O)O[C@H]21. The van der Waals surface area contributed by atoms with Crippen molar-refractivity contribution in [3.05, 3.63) is 0 Å². The number of hydrogen-bond donors (Lipinski definition) is 1. The van der Waals surface area contributed by atoms with E-state index in [4.69, 9.17) is 18.9 Å². The number of carbonyl (C=O) groups is 1. The molecule has 0 amide bonds. The van der Waals surface area contributed by atoms with Crippen molar-refractivity contribution in [2.75, 3.05) is 6.61 Å². The first-order valence-electron chi connectivity index (χ1n) is 8.31. The number of esters is 1. The van der Waals surface area contributed by atoms with E-state index in [1.165, 1.54) is 0 Å². The van der Waals surface area contributed by atoms with Crippen LogP contribution in [0.5, 0.6) is 0 Å². The van der Waals surface area contributed by atoms with Gasteiger partial charge in [0.1, 0.15) is 12.2 Å². The molecule has 0 bridgehead atoms. The van der Waals surface area contributed by atoms with Gasteiger partial charge in [0.25, 0.3) is 0 Å². The van der Waals surface area contributed by atoms with E-state index in [2.05, 4.69) is 13.8 Å². The third kappa shape index (κ3) is 2.28. The molecule has 22 heavy (non-hydrogen) atoms. The number of aliphatic hydroxyl groups excluding tert-OH is 1. The van der Waals surface area contributed by atoms with Gasteiger partial charge in [-0.1, -0.05) is 13.8 Å². The van der Waals surface area contributed by atoms with E-state index < -0.39 is 5.79 Å². The lowest BCUT2D eigenvalue weighted by Crippen LogP contribution is -2.58. The zero-order valence-electron chi connectivity index (χ0n) is 13.1. The molecule has 0 radical (unpaired) electrons. The third-order valence-corrected chi connectivity index (χ3v) is 5.54. The Bertz CT molecular complexity index is 468. The average molecular weight is 312 g/mol. The van der Waals surface area contributed by atoms with E-state index >= 15 is 0 Å². The Hall–Kier alpha value is -0.690. The van der Waals surface area contributed by atoms with Crippen LogP contribution in [0.4, 0.5) is 0 Å². The van der Waals surface area contributed by atoms with Crippen LogP contribution in [0.15, 0.2) is 0 Å². The Kier molecular flexibility index (Phi) is 3.49. The van der Waals surface area contributed by atoms with Crippen molar-refractivity contribution < 1.29 is 28.8 Å². The summed E-state index contributed by atoms with van der Waals surface area (Å²) in [7, 11) is 0. The van der Waals surface area contributed by atoms with Gasteiger partial charge in [-0.05, 0) is 5.92 Å². The fourth-order valence-electron chi connectivity index (χ4n) is 4.71. The van der Waals surface area contributed by atoms with Gasteiger partial charge in [-0.15, -0.1) is 0 Å². The number of rotatable bonds is 1. The predicted octanol–water partition coefficient (Wildman–Crippen LogP) is 0.998. The second-order valence-corrected chi connectivity index (χ2v) is 7.39. The van der Waals surface area contributed by atoms with Crippen molar-refractivity contribution in [3.63, 3.8) is 0 Å². The van der Waals surface area contributed by atoms with Crippen LogP contribution in [0.25, 0.3) is 0 Å². The second-order valence-electron chi connectivity index (χ2n) is 7.39. The summed E-state index contributed by atoms with van der Waals surface area (Å²) in [4.78, 5) is 11.6. The average Bonchev–Trinajstić information content (AvgIpc) is 3.01. The second kappa shape index (κ2) is 5.16. The van der Waals surface area contributed by atoms with Crippen LogP contribution in [-0.2, 0) is 23.7 Å². The largest absolute Gasteiger partial charge is 0.459 e. The van der Waals surface area contributed by atoms with Crippen LogP contribution in [0.1, 0.15) is 39.5 Å².